The first-order valence-corrected chi connectivity index (χ1v) is 9.00. The molecule has 0 aromatic rings. The topological polar surface area (TPSA) is 51.1 Å². The number of hydrogen-bond donors (Lipinski definition) is 0. The van der Waals surface area contributed by atoms with E-state index in [1.165, 1.54) is 0 Å². The molecule has 0 spiro atoms. The van der Waals surface area contributed by atoms with Crippen LogP contribution in [0, 0.1) is 11.8 Å². The summed E-state index contributed by atoms with van der Waals surface area (Å²) in [7, 11) is 0. The van der Waals surface area contributed by atoms with Crippen molar-refractivity contribution in [1.82, 2.24) is 4.90 Å². The Bertz CT molecular complexity index is 530. The number of carbonyl (C=O) groups is 1. The predicted molar refractivity (Wildman–Crippen MR) is 95.1 cm³/mol. The summed E-state index contributed by atoms with van der Waals surface area (Å²) in [4.78, 5) is 18.4. The van der Waals surface area contributed by atoms with Crippen molar-refractivity contribution in [2.45, 2.75) is 52.4 Å². The molecule has 1 amide bonds. The first-order valence-electron chi connectivity index (χ1n) is 7.83. The molecule has 0 aromatic carbocycles. The van der Waals surface area contributed by atoms with Gasteiger partial charge in [0.05, 0.1) is 23.4 Å². The van der Waals surface area contributed by atoms with Crippen LogP contribution in [0.2, 0.25) is 0 Å². The van der Waals surface area contributed by atoms with Crippen LogP contribution in [0.3, 0.4) is 0 Å². The number of ether oxygens (including phenoxy) is 2. The minimum atomic E-state index is -0.512. The van der Waals surface area contributed by atoms with Gasteiger partial charge in [0.2, 0.25) is 0 Å². The molecule has 7 heteroatoms. The number of halogens is 2. The second-order valence-electron chi connectivity index (χ2n) is 7.04. The molecule has 4 atom stereocenters. The van der Waals surface area contributed by atoms with E-state index in [0.29, 0.717) is 18.3 Å². The molecular formula is C16H24BrClN2O3. The highest BCUT2D eigenvalue weighted by atomic mass is 79.9. The molecule has 2 aliphatic rings. The lowest BCUT2D eigenvalue weighted by Crippen LogP contribution is -2.56. The highest BCUT2D eigenvalue weighted by molar-refractivity contribution is 9.18. The lowest BCUT2D eigenvalue weighted by molar-refractivity contribution is -0.0891. The van der Waals surface area contributed by atoms with E-state index in [9.17, 15) is 4.79 Å². The van der Waals surface area contributed by atoms with Gasteiger partial charge in [0.1, 0.15) is 10.8 Å². The fourth-order valence-corrected chi connectivity index (χ4v) is 3.74. The second-order valence-corrected chi connectivity index (χ2v) is 8.24. The maximum atomic E-state index is 12.4. The summed E-state index contributed by atoms with van der Waals surface area (Å²) < 4.78 is 12.3. The Morgan fingerprint density at radius 2 is 2.13 bits per heavy atom. The van der Waals surface area contributed by atoms with Gasteiger partial charge in [0, 0.05) is 18.4 Å². The lowest BCUT2D eigenvalue weighted by Gasteiger charge is -2.43. The van der Waals surface area contributed by atoms with Gasteiger partial charge < -0.3 is 14.4 Å². The molecule has 0 radical (unpaired) electrons. The number of carbonyl (C=O) groups excluding carboxylic acids is 1. The minimum Gasteiger partial charge on any atom is -0.444 e. The zero-order valence-electron chi connectivity index (χ0n) is 14.2. The first-order chi connectivity index (χ1) is 10.6. The Hall–Kier alpha value is -0.590. The van der Waals surface area contributed by atoms with Gasteiger partial charge in [-0.25, -0.2) is 9.79 Å². The van der Waals surface area contributed by atoms with Crippen molar-refractivity contribution in [2.24, 2.45) is 16.8 Å². The van der Waals surface area contributed by atoms with Crippen LogP contribution in [-0.4, -0.2) is 46.5 Å². The Morgan fingerprint density at radius 3 is 2.74 bits per heavy atom. The number of morpholine rings is 1. The quantitative estimate of drug-likeness (QED) is 0.614. The molecule has 5 nitrogen and oxygen atoms in total. The van der Waals surface area contributed by atoms with Crippen LogP contribution in [0.4, 0.5) is 4.79 Å². The number of rotatable bonds is 1. The molecule has 0 bridgehead atoms. The zero-order chi connectivity index (χ0) is 17.4. The fourth-order valence-electron chi connectivity index (χ4n) is 2.90. The largest absolute Gasteiger partial charge is 0.444 e. The van der Waals surface area contributed by atoms with Gasteiger partial charge in [0.25, 0.3) is 0 Å². The predicted octanol–water partition coefficient (Wildman–Crippen LogP) is 4.15. The van der Waals surface area contributed by atoms with E-state index in [1.54, 1.807) is 4.90 Å². The number of aliphatic imine (C=N–C) groups is 1. The Morgan fingerprint density at radius 1 is 1.48 bits per heavy atom. The van der Waals surface area contributed by atoms with Crippen molar-refractivity contribution in [3.8, 4) is 0 Å². The highest BCUT2D eigenvalue weighted by Crippen LogP contribution is 2.35. The van der Waals surface area contributed by atoms with E-state index < -0.39 is 5.60 Å². The smallest absolute Gasteiger partial charge is 0.410 e. The van der Waals surface area contributed by atoms with Gasteiger partial charge in [-0.15, -0.1) is 0 Å². The van der Waals surface area contributed by atoms with E-state index in [2.05, 4.69) is 27.8 Å². The fraction of sp³-hybridized carbons (Fsp3) is 0.750. The van der Waals surface area contributed by atoms with Crippen LogP contribution in [0.25, 0.3) is 0 Å². The van der Waals surface area contributed by atoms with Crippen molar-refractivity contribution >= 4 is 38.2 Å². The Labute approximate surface area is 151 Å². The van der Waals surface area contributed by atoms with Crippen molar-refractivity contribution in [2.75, 3.05) is 13.2 Å². The molecule has 1 fully saturated rings. The normalized spacial score (nSPS) is 32.2. The van der Waals surface area contributed by atoms with Gasteiger partial charge >= 0.3 is 6.09 Å². The first kappa shape index (κ1) is 18.7. The minimum absolute atomic E-state index is 0.0506. The van der Waals surface area contributed by atoms with Gasteiger partial charge in [0.15, 0.2) is 0 Å². The van der Waals surface area contributed by atoms with Gasteiger partial charge in [-0.1, -0.05) is 18.5 Å². The van der Waals surface area contributed by atoms with E-state index >= 15 is 0 Å². The van der Waals surface area contributed by atoms with E-state index in [0.717, 1.165) is 4.62 Å². The van der Waals surface area contributed by atoms with Crippen LogP contribution in [-0.2, 0) is 9.47 Å². The average Bonchev–Trinajstić information content (AvgIpc) is 2.41. The molecule has 2 heterocycles. The molecule has 2 rings (SSSR count). The van der Waals surface area contributed by atoms with Gasteiger partial charge in [-0.05, 0) is 49.7 Å². The molecule has 0 aromatic heterocycles. The highest BCUT2D eigenvalue weighted by Gasteiger charge is 2.41. The summed E-state index contributed by atoms with van der Waals surface area (Å²) >= 11 is 9.58. The van der Waals surface area contributed by atoms with Crippen LogP contribution >= 0.6 is 27.5 Å². The second kappa shape index (κ2) is 7.11. The van der Waals surface area contributed by atoms with Crippen molar-refractivity contribution in [1.29, 1.82) is 0 Å². The van der Waals surface area contributed by atoms with Crippen molar-refractivity contribution < 1.29 is 14.3 Å². The third kappa shape index (κ3) is 4.48. The monoisotopic (exact) mass is 406 g/mol. The van der Waals surface area contributed by atoms with Gasteiger partial charge in [-0.2, -0.15) is 0 Å². The standard InChI is InChI=1S/C16H24BrClN2O3/c1-9-11(8-12(18)19-14(9)17)13-10(2)20(6-7-22-13)15(21)23-16(3,4)5/h8-11,13H,6-7H2,1-5H3/t9?,10-,11?,13+/m1/s1. The molecule has 0 aliphatic carbocycles. The van der Waals surface area contributed by atoms with Crippen LogP contribution < -0.4 is 0 Å². The zero-order valence-corrected chi connectivity index (χ0v) is 16.5. The molecule has 0 N–H and O–H groups in total. The molecule has 23 heavy (non-hydrogen) atoms. The van der Waals surface area contributed by atoms with Crippen LogP contribution in [0.5, 0.6) is 0 Å². The van der Waals surface area contributed by atoms with Crippen molar-refractivity contribution in [3.05, 3.63) is 11.2 Å². The molecular weight excluding hydrogens is 384 g/mol. The average molecular weight is 408 g/mol. The van der Waals surface area contributed by atoms with E-state index in [4.69, 9.17) is 21.1 Å². The van der Waals surface area contributed by atoms with E-state index in [1.807, 2.05) is 33.8 Å². The molecule has 2 aliphatic heterocycles. The van der Waals surface area contributed by atoms with Crippen LogP contribution in [0.1, 0.15) is 34.6 Å². The number of amides is 1. The Kier molecular flexibility index (Phi) is 5.80. The summed E-state index contributed by atoms with van der Waals surface area (Å²) in [6.45, 7) is 10.7. The SMILES string of the molecule is CC1C(Br)=NC(Cl)=CC1[C@H]1OCCN(C(=O)OC(C)(C)C)[C@@H]1C. The van der Waals surface area contributed by atoms with Gasteiger partial charge in [-0.3, -0.25) is 0 Å². The Balaban J connectivity index is 2.15. The number of nitrogens with zero attached hydrogens (tertiary/aromatic N) is 2. The summed E-state index contributed by atoms with van der Waals surface area (Å²) in [5.41, 5.74) is -0.512. The summed E-state index contributed by atoms with van der Waals surface area (Å²) in [5, 5.41) is 0.449. The summed E-state index contributed by atoms with van der Waals surface area (Å²) in [5.74, 6) is 0.193. The number of hydrogen-bond acceptors (Lipinski definition) is 4. The maximum absolute atomic E-state index is 12.4. The molecule has 0 saturated carbocycles. The molecule has 1 saturated heterocycles. The maximum Gasteiger partial charge on any atom is 0.410 e. The lowest BCUT2D eigenvalue weighted by atomic mass is 9.84. The summed E-state index contributed by atoms with van der Waals surface area (Å²) in [6.07, 6.45) is 1.46. The third-order valence-electron chi connectivity index (χ3n) is 4.11. The molecule has 130 valence electrons. The van der Waals surface area contributed by atoms with E-state index in [-0.39, 0.29) is 30.1 Å². The molecule has 2 unspecified atom stereocenters. The summed E-state index contributed by atoms with van der Waals surface area (Å²) in [6, 6.07) is -0.106. The van der Waals surface area contributed by atoms with Crippen LogP contribution in [0.15, 0.2) is 16.2 Å². The van der Waals surface area contributed by atoms with Crippen molar-refractivity contribution in [3.63, 3.8) is 0 Å². The third-order valence-corrected chi connectivity index (χ3v) is 5.22.